The smallest absolute Gasteiger partial charge is 0.353 e. The second kappa shape index (κ2) is 8.75. The zero-order valence-electron chi connectivity index (χ0n) is 17.0. The zero-order chi connectivity index (χ0) is 21.2. The summed E-state index contributed by atoms with van der Waals surface area (Å²) in [5.41, 5.74) is -1.47. The number of piperidine rings is 1. The van der Waals surface area contributed by atoms with Gasteiger partial charge in [0, 0.05) is 25.2 Å². The molecule has 1 N–H and O–H groups in total. The van der Waals surface area contributed by atoms with Crippen LogP contribution in [-0.2, 0) is 11.0 Å². The maximum Gasteiger partial charge on any atom is 0.433 e. The van der Waals surface area contributed by atoms with Crippen molar-refractivity contribution in [2.24, 2.45) is 5.92 Å². The maximum absolute atomic E-state index is 13.6. The molecule has 0 aromatic carbocycles. The van der Waals surface area contributed by atoms with Crippen molar-refractivity contribution in [2.45, 2.75) is 77.1 Å². The van der Waals surface area contributed by atoms with Gasteiger partial charge in [-0.25, -0.2) is 0 Å². The number of rotatable bonds is 4. The van der Waals surface area contributed by atoms with Gasteiger partial charge in [0.2, 0.25) is 5.91 Å². The van der Waals surface area contributed by atoms with Crippen LogP contribution in [0.5, 0.6) is 0 Å². The van der Waals surface area contributed by atoms with E-state index >= 15 is 0 Å². The van der Waals surface area contributed by atoms with Crippen LogP contribution in [0.1, 0.15) is 80.9 Å². The third-order valence-corrected chi connectivity index (χ3v) is 5.81. The van der Waals surface area contributed by atoms with Crippen LogP contribution in [0.15, 0.2) is 6.20 Å². The lowest BCUT2D eigenvalue weighted by Crippen LogP contribution is -2.48. The summed E-state index contributed by atoms with van der Waals surface area (Å²) in [7, 11) is 0. The largest absolute Gasteiger partial charge is 0.433 e. The number of nitrogens with one attached hydrogen (secondary N) is 1. The fourth-order valence-electron chi connectivity index (χ4n) is 4.30. The molecular formula is C20H29F3N4O2. The van der Waals surface area contributed by atoms with E-state index in [1.165, 1.54) is 11.3 Å². The predicted octanol–water partition coefficient (Wildman–Crippen LogP) is 3.78. The van der Waals surface area contributed by atoms with E-state index < -0.39 is 29.4 Å². The van der Waals surface area contributed by atoms with E-state index in [0.29, 0.717) is 19.4 Å². The van der Waals surface area contributed by atoms with Crippen molar-refractivity contribution in [3.05, 3.63) is 17.5 Å². The van der Waals surface area contributed by atoms with Crippen molar-refractivity contribution in [1.82, 2.24) is 20.0 Å². The first-order chi connectivity index (χ1) is 13.7. The second-order valence-electron chi connectivity index (χ2n) is 8.38. The van der Waals surface area contributed by atoms with Gasteiger partial charge in [-0.05, 0) is 39.5 Å². The second-order valence-corrected chi connectivity index (χ2v) is 8.38. The van der Waals surface area contributed by atoms with E-state index in [1.807, 2.05) is 0 Å². The molecule has 2 amide bonds. The van der Waals surface area contributed by atoms with E-state index in [1.54, 1.807) is 13.8 Å². The molecule has 2 fully saturated rings. The number of halogens is 3. The molecule has 9 heteroatoms. The average molecular weight is 414 g/mol. The topological polar surface area (TPSA) is 67.2 Å². The fraction of sp³-hybridized carbons (Fsp3) is 0.750. The highest BCUT2D eigenvalue weighted by Crippen LogP contribution is 2.34. The summed E-state index contributed by atoms with van der Waals surface area (Å²) in [4.78, 5) is 26.9. The Morgan fingerprint density at radius 1 is 1.14 bits per heavy atom. The molecule has 1 aliphatic heterocycles. The first-order valence-electron chi connectivity index (χ1n) is 10.4. The Balaban J connectivity index is 1.72. The highest BCUT2D eigenvalue weighted by atomic mass is 19.4. The predicted molar refractivity (Wildman–Crippen MR) is 101 cm³/mol. The monoisotopic (exact) mass is 414 g/mol. The van der Waals surface area contributed by atoms with Crippen molar-refractivity contribution >= 4 is 11.8 Å². The molecule has 29 heavy (non-hydrogen) atoms. The molecule has 1 saturated carbocycles. The first-order valence-corrected chi connectivity index (χ1v) is 10.4. The summed E-state index contributed by atoms with van der Waals surface area (Å²) < 4.78 is 41.6. The number of aromatic nitrogens is 2. The number of likely N-dealkylation sites (tertiary alicyclic amines) is 1. The fourth-order valence-corrected chi connectivity index (χ4v) is 4.30. The Labute approximate surface area is 168 Å². The summed E-state index contributed by atoms with van der Waals surface area (Å²) in [5, 5.41) is 6.87. The molecule has 0 radical (unpaired) electrons. The lowest BCUT2D eigenvalue weighted by Gasteiger charge is -2.33. The quantitative estimate of drug-likeness (QED) is 0.815. The summed E-state index contributed by atoms with van der Waals surface area (Å²) in [6.45, 7) is 3.66. The van der Waals surface area contributed by atoms with E-state index in [9.17, 15) is 22.8 Å². The summed E-state index contributed by atoms with van der Waals surface area (Å²) >= 11 is 0. The van der Waals surface area contributed by atoms with Crippen LogP contribution in [0.2, 0.25) is 0 Å². The normalized spacial score (nSPS) is 21.4. The SMILES string of the molecule is CC(C)n1ncc(C(=O)N2CCCC(C(=O)NC3CCCCC3)C2)c1C(F)(F)F. The molecule has 1 saturated heterocycles. The molecule has 2 heterocycles. The van der Waals surface area contributed by atoms with Crippen molar-refractivity contribution in [3.8, 4) is 0 Å². The van der Waals surface area contributed by atoms with Gasteiger partial charge in [-0.1, -0.05) is 19.3 Å². The Bertz CT molecular complexity index is 739. The molecule has 162 valence electrons. The van der Waals surface area contributed by atoms with Crippen LogP contribution >= 0.6 is 0 Å². The molecule has 1 aromatic rings. The summed E-state index contributed by atoms with van der Waals surface area (Å²) in [5.74, 6) is -1.19. The molecular weight excluding hydrogens is 385 g/mol. The number of carbonyl (C=O) groups excluding carboxylic acids is 2. The number of hydrogen-bond acceptors (Lipinski definition) is 3. The van der Waals surface area contributed by atoms with Crippen LogP contribution in [0.3, 0.4) is 0 Å². The van der Waals surface area contributed by atoms with Gasteiger partial charge in [-0.15, -0.1) is 0 Å². The van der Waals surface area contributed by atoms with Gasteiger partial charge < -0.3 is 10.2 Å². The van der Waals surface area contributed by atoms with Crippen LogP contribution < -0.4 is 5.32 Å². The van der Waals surface area contributed by atoms with Gasteiger partial charge in [0.15, 0.2) is 5.69 Å². The molecule has 1 aliphatic carbocycles. The summed E-state index contributed by atoms with van der Waals surface area (Å²) in [6, 6.07) is -0.355. The van der Waals surface area contributed by atoms with Crippen molar-refractivity contribution in [2.75, 3.05) is 13.1 Å². The summed E-state index contributed by atoms with van der Waals surface area (Å²) in [6.07, 6.45) is 2.85. The Morgan fingerprint density at radius 2 is 1.83 bits per heavy atom. The molecule has 0 spiro atoms. The van der Waals surface area contributed by atoms with E-state index in [4.69, 9.17) is 0 Å². The van der Waals surface area contributed by atoms with Crippen LogP contribution in [0, 0.1) is 5.92 Å². The molecule has 0 bridgehead atoms. The molecule has 1 unspecified atom stereocenters. The van der Waals surface area contributed by atoms with Gasteiger partial charge in [-0.3, -0.25) is 14.3 Å². The Kier molecular flexibility index (Phi) is 6.53. The maximum atomic E-state index is 13.6. The van der Waals surface area contributed by atoms with E-state index in [0.717, 1.165) is 36.6 Å². The average Bonchev–Trinajstić information content (AvgIpc) is 3.14. The number of carbonyl (C=O) groups is 2. The van der Waals surface area contributed by atoms with Gasteiger partial charge >= 0.3 is 6.18 Å². The minimum absolute atomic E-state index is 0.0941. The van der Waals surface area contributed by atoms with Gasteiger partial charge in [-0.2, -0.15) is 18.3 Å². The van der Waals surface area contributed by atoms with Gasteiger partial charge in [0.05, 0.1) is 17.7 Å². The number of alkyl halides is 3. The Hall–Kier alpha value is -2.06. The standard InChI is InChI=1S/C20H29F3N4O2/c1-13(2)27-17(20(21,22)23)16(11-24-27)19(29)26-10-6-7-14(12-26)18(28)25-15-8-4-3-5-9-15/h11,13-15H,3-10,12H2,1-2H3,(H,25,28). The molecule has 2 aliphatic rings. The highest BCUT2D eigenvalue weighted by molar-refractivity contribution is 5.96. The third-order valence-electron chi connectivity index (χ3n) is 5.81. The zero-order valence-corrected chi connectivity index (χ0v) is 17.0. The number of hydrogen-bond donors (Lipinski definition) is 1. The van der Waals surface area contributed by atoms with Gasteiger partial charge in [0.25, 0.3) is 5.91 Å². The van der Waals surface area contributed by atoms with E-state index in [2.05, 4.69) is 10.4 Å². The lowest BCUT2D eigenvalue weighted by molar-refractivity contribution is -0.145. The van der Waals surface area contributed by atoms with Crippen molar-refractivity contribution in [3.63, 3.8) is 0 Å². The van der Waals surface area contributed by atoms with Crippen LogP contribution in [0.25, 0.3) is 0 Å². The van der Waals surface area contributed by atoms with Crippen LogP contribution in [-0.4, -0.2) is 45.6 Å². The highest BCUT2D eigenvalue weighted by Gasteiger charge is 2.42. The molecule has 6 nitrogen and oxygen atoms in total. The third kappa shape index (κ3) is 4.93. The molecule has 1 aromatic heterocycles. The Morgan fingerprint density at radius 3 is 2.45 bits per heavy atom. The minimum Gasteiger partial charge on any atom is -0.353 e. The van der Waals surface area contributed by atoms with Crippen molar-refractivity contribution in [1.29, 1.82) is 0 Å². The number of amides is 2. The minimum atomic E-state index is -4.68. The molecule has 3 rings (SSSR count). The lowest BCUT2D eigenvalue weighted by atomic mass is 9.92. The van der Waals surface area contributed by atoms with Crippen LogP contribution in [0.4, 0.5) is 13.2 Å². The number of nitrogens with zero attached hydrogens (tertiary/aromatic N) is 3. The molecule has 1 atom stereocenters. The van der Waals surface area contributed by atoms with E-state index in [-0.39, 0.29) is 24.4 Å². The van der Waals surface area contributed by atoms with Gasteiger partial charge in [0.1, 0.15) is 0 Å². The van der Waals surface area contributed by atoms with Crippen molar-refractivity contribution < 1.29 is 22.8 Å². The first kappa shape index (κ1) is 21.6.